The summed E-state index contributed by atoms with van der Waals surface area (Å²) in [6, 6.07) is 9.02. The van der Waals surface area contributed by atoms with Gasteiger partial charge in [0.25, 0.3) is 5.91 Å². The molecule has 0 bridgehead atoms. The number of aliphatic imine (C=N–C) groups is 1. The van der Waals surface area contributed by atoms with Crippen molar-refractivity contribution in [3.05, 3.63) is 59.2 Å². The standard InChI is InChI=1S/C22H23FN6O2S/c1-21(2)20(25)29-22(3,18-8-9-27-32(18,21)31)15-10-14(5-6-16(15)23)28-19(30)17-7-4-13(11-24)12-26-17/h4-7,10,12,18H,8-9H2,1-3H3,(H2,25,29)(H,28,30)/t18-,22+,32?/m0/s1. The van der Waals surface area contributed by atoms with Crippen LogP contribution < -0.4 is 11.1 Å². The first-order valence-electron chi connectivity index (χ1n) is 10.1. The molecule has 0 spiro atoms. The summed E-state index contributed by atoms with van der Waals surface area (Å²) in [5.74, 6) is -0.876. The summed E-state index contributed by atoms with van der Waals surface area (Å²) in [7, 11) is -2.80. The predicted molar refractivity (Wildman–Crippen MR) is 120 cm³/mol. The van der Waals surface area contributed by atoms with Crippen molar-refractivity contribution >= 4 is 27.2 Å². The van der Waals surface area contributed by atoms with Crippen LogP contribution in [-0.4, -0.2) is 37.5 Å². The normalized spacial score (nSPS) is 28.1. The third-order valence-corrected chi connectivity index (χ3v) is 9.99. The van der Waals surface area contributed by atoms with Gasteiger partial charge < -0.3 is 11.1 Å². The fourth-order valence-electron chi connectivity index (χ4n) is 4.29. The van der Waals surface area contributed by atoms with Gasteiger partial charge in [0.05, 0.1) is 20.5 Å². The Bertz CT molecular complexity index is 1300. The molecule has 1 aromatic heterocycles. The molecule has 8 nitrogen and oxygen atoms in total. The molecule has 3 heterocycles. The molecule has 0 saturated heterocycles. The number of hydrogen-bond acceptors (Lipinski definition) is 7. The molecule has 3 atom stereocenters. The molecule has 2 aliphatic heterocycles. The number of aromatic nitrogens is 1. The van der Waals surface area contributed by atoms with E-state index in [1.165, 1.54) is 36.5 Å². The van der Waals surface area contributed by atoms with Crippen LogP contribution in [0.4, 0.5) is 10.1 Å². The molecular weight excluding hydrogens is 431 g/mol. The van der Waals surface area contributed by atoms with Crippen LogP contribution in [0.3, 0.4) is 0 Å². The number of pyridine rings is 1. The summed E-state index contributed by atoms with van der Waals surface area (Å²) in [6.45, 7) is 5.63. The number of nitrogens with two attached hydrogens (primary N) is 1. The van der Waals surface area contributed by atoms with E-state index in [1.54, 1.807) is 20.8 Å². The average molecular weight is 455 g/mol. The van der Waals surface area contributed by atoms with Gasteiger partial charge in [0.1, 0.15) is 33.7 Å². The second-order valence-corrected chi connectivity index (χ2v) is 11.5. The van der Waals surface area contributed by atoms with E-state index in [1.807, 2.05) is 6.07 Å². The van der Waals surface area contributed by atoms with E-state index in [2.05, 4.69) is 19.7 Å². The van der Waals surface area contributed by atoms with Crippen LogP contribution in [0.15, 0.2) is 45.9 Å². The van der Waals surface area contributed by atoms with Gasteiger partial charge >= 0.3 is 0 Å². The van der Waals surface area contributed by atoms with Gasteiger partial charge in [-0.1, -0.05) is 0 Å². The fraction of sp³-hybridized carbons (Fsp3) is 0.364. The highest BCUT2D eigenvalue weighted by Gasteiger charge is 2.56. The Balaban J connectivity index is 1.74. The maximum Gasteiger partial charge on any atom is 0.274 e. The lowest BCUT2D eigenvalue weighted by Gasteiger charge is -2.44. The van der Waals surface area contributed by atoms with Crippen LogP contribution in [0.25, 0.3) is 0 Å². The number of halogens is 1. The molecule has 3 N–H and O–H groups in total. The second-order valence-electron chi connectivity index (χ2n) is 8.55. The molecule has 4 rings (SSSR count). The molecule has 1 aromatic carbocycles. The molecule has 2 aromatic rings. The summed E-state index contributed by atoms with van der Waals surface area (Å²) in [6.07, 6.45) is 1.80. The van der Waals surface area contributed by atoms with Crippen LogP contribution in [0.5, 0.6) is 0 Å². The molecular formula is C22H23FN6O2S. The average Bonchev–Trinajstić information content (AvgIpc) is 3.18. The minimum Gasteiger partial charge on any atom is -0.386 e. The number of fused-ring (bicyclic) bond motifs is 1. The number of amides is 1. The number of rotatable bonds is 3. The van der Waals surface area contributed by atoms with E-state index in [9.17, 15) is 9.00 Å². The molecule has 0 saturated carbocycles. The van der Waals surface area contributed by atoms with Gasteiger partial charge in [-0.05, 0) is 57.5 Å². The van der Waals surface area contributed by atoms with Crippen molar-refractivity contribution in [3.8, 4) is 6.07 Å². The third kappa shape index (κ3) is 3.15. The van der Waals surface area contributed by atoms with E-state index in [4.69, 9.17) is 11.0 Å². The zero-order valence-corrected chi connectivity index (χ0v) is 18.7. The molecule has 10 heteroatoms. The van der Waals surface area contributed by atoms with Crippen molar-refractivity contribution < 1.29 is 13.4 Å². The topological polar surface area (TPSA) is 134 Å². The Morgan fingerprint density at radius 2 is 2.06 bits per heavy atom. The fourth-order valence-corrected chi connectivity index (χ4v) is 7.45. The number of anilines is 1. The van der Waals surface area contributed by atoms with Crippen LogP contribution >= 0.6 is 0 Å². The van der Waals surface area contributed by atoms with Gasteiger partial charge in [-0.2, -0.15) is 5.26 Å². The number of amidine groups is 1. The molecule has 32 heavy (non-hydrogen) atoms. The van der Waals surface area contributed by atoms with Gasteiger partial charge in [0.15, 0.2) is 0 Å². The van der Waals surface area contributed by atoms with Gasteiger partial charge in [0.2, 0.25) is 0 Å². The van der Waals surface area contributed by atoms with Crippen LogP contribution in [0, 0.1) is 17.1 Å². The van der Waals surface area contributed by atoms with E-state index in [-0.39, 0.29) is 17.1 Å². The van der Waals surface area contributed by atoms with Gasteiger partial charge in [-0.25, -0.2) is 17.9 Å². The van der Waals surface area contributed by atoms with Crippen molar-refractivity contribution in [1.29, 1.82) is 5.26 Å². The Morgan fingerprint density at radius 3 is 2.72 bits per heavy atom. The molecule has 0 aliphatic carbocycles. The first-order valence-corrected chi connectivity index (χ1v) is 11.7. The van der Waals surface area contributed by atoms with Crippen LogP contribution in [0.2, 0.25) is 0 Å². The minimum absolute atomic E-state index is 0.111. The van der Waals surface area contributed by atoms with Gasteiger partial charge in [0, 0.05) is 24.0 Å². The predicted octanol–water partition coefficient (Wildman–Crippen LogP) is 2.95. The number of nitrogens with one attached hydrogen (secondary N) is 1. The number of hydrogen-bond donors (Lipinski definition) is 2. The lowest BCUT2D eigenvalue weighted by Crippen LogP contribution is -2.58. The first kappa shape index (κ1) is 21.9. The molecule has 166 valence electrons. The molecule has 1 amide bonds. The highest BCUT2D eigenvalue weighted by molar-refractivity contribution is 7.96. The number of carbonyl (C=O) groups excluding carboxylic acids is 1. The SMILES string of the molecule is CC1(C)C(N)=N[C@](C)(c2cc(NC(=O)c3ccc(C#N)cn3)ccc2F)[C@@H]2CCN=S21=O. The quantitative estimate of drug-likeness (QED) is 0.735. The zero-order chi connectivity index (χ0) is 23.3. The summed E-state index contributed by atoms with van der Waals surface area (Å²) >= 11 is 0. The summed E-state index contributed by atoms with van der Waals surface area (Å²) in [5.41, 5.74) is 5.99. The Hall–Kier alpha value is -3.32. The lowest BCUT2D eigenvalue weighted by atomic mass is 9.85. The minimum atomic E-state index is -2.80. The first-order chi connectivity index (χ1) is 15.0. The van der Waals surface area contributed by atoms with E-state index in [0.717, 1.165) is 0 Å². The van der Waals surface area contributed by atoms with Crippen molar-refractivity contribution in [1.82, 2.24) is 4.98 Å². The Labute approximate surface area is 185 Å². The highest BCUT2D eigenvalue weighted by atomic mass is 32.2. The number of nitriles is 1. The maximum absolute atomic E-state index is 15.1. The van der Waals surface area contributed by atoms with E-state index >= 15 is 4.39 Å². The zero-order valence-electron chi connectivity index (χ0n) is 17.9. The van der Waals surface area contributed by atoms with Gasteiger partial charge in [-0.3, -0.25) is 9.79 Å². The number of nitrogens with zero attached hydrogens (tertiary/aromatic N) is 4. The van der Waals surface area contributed by atoms with Crippen molar-refractivity contribution in [2.75, 3.05) is 11.9 Å². The van der Waals surface area contributed by atoms with E-state index in [0.29, 0.717) is 24.2 Å². The maximum atomic E-state index is 15.1. The monoisotopic (exact) mass is 454 g/mol. The smallest absolute Gasteiger partial charge is 0.274 e. The summed E-state index contributed by atoms with van der Waals surface area (Å²) in [4.78, 5) is 21.2. The Kier molecular flexibility index (Phi) is 5.05. The Morgan fingerprint density at radius 1 is 1.31 bits per heavy atom. The molecule has 1 unspecified atom stereocenters. The summed E-state index contributed by atoms with van der Waals surface area (Å²) in [5, 5.41) is 11.0. The number of carbonyl (C=O) groups is 1. The molecule has 0 fully saturated rings. The summed E-state index contributed by atoms with van der Waals surface area (Å²) < 4.78 is 32.4. The van der Waals surface area contributed by atoms with Crippen molar-refractivity contribution in [2.45, 2.75) is 42.7 Å². The van der Waals surface area contributed by atoms with Crippen LogP contribution in [-0.2, 0) is 15.3 Å². The van der Waals surface area contributed by atoms with Crippen molar-refractivity contribution in [3.63, 3.8) is 0 Å². The third-order valence-electron chi connectivity index (χ3n) is 6.28. The largest absolute Gasteiger partial charge is 0.386 e. The van der Waals surface area contributed by atoms with E-state index < -0.39 is 37.0 Å². The molecule has 0 radical (unpaired) electrons. The lowest BCUT2D eigenvalue weighted by molar-refractivity contribution is 0.102. The highest BCUT2D eigenvalue weighted by Crippen LogP contribution is 2.48. The number of benzene rings is 1. The molecule has 2 aliphatic rings. The van der Waals surface area contributed by atoms with Crippen molar-refractivity contribution in [2.24, 2.45) is 15.1 Å². The second kappa shape index (κ2) is 7.38. The van der Waals surface area contributed by atoms with Crippen LogP contribution in [0.1, 0.15) is 48.8 Å². The van der Waals surface area contributed by atoms with Gasteiger partial charge in [-0.15, -0.1) is 0 Å².